The van der Waals surface area contributed by atoms with Crippen molar-refractivity contribution in [3.05, 3.63) is 59.7 Å². The monoisotopic (exact) mass is 524 g/mol. The fraction of sp³-hybridized carbons (Fsp3) is 0.321. The first-order valence-corrected chi connectivity index (χ1v) is 12.1. The van der Waals surface area contributed by atoms with Crippen LogP contribution in [0.1, 0.15) is 17.5 Å². The molecule has 0 spiro atoms. The maximum Gasteiger partial charge on any atom is 0.415 e. The van der Waals surface area contributed by atoms with Gasteiger partial charge < -0.3 is 34.3 Å². The summed E-state index contributed by atoms with van der Waals surface area (Å²) in [6, 6.07) is 10.0. The summed E-state index contributed by atoms with van der Waals surface area (Å²) in [4.78, 5) is 38.6. The third-order valence-corrected chi connectivity index (χ3v) is 5.57. The molecule has 1 saturated heterocycles. The summed E-state index contributed by atoms with van der Waals surface area (Å²) < 4.78 is 21.5. The predicted octanol–water partition coefficient (Wildman–Crippen LogP) is 2.73. The summed E-state index contributed by atoms with van der Waals surface area (Å²) in [5.41, 5.74) is 1.34. The fourth-order valence-electron chi connectivity index (χ4n) is 3.61. The Morgan fingerprint density at radius 3 is 1.97 bits per heavy atom. The van der Waals surface area contributed by atoms with Gasteiger partial charge in [-0.2, -0.15) is 0 Å². The Balaban J connectivity index is 1.55. The topological polar surface area (TPSA) is 124 Å². The van der Waals surface area contributed by atoms with Crippen molar-refractivity contribution < 1.29 is 38.4 Å². The Kier molecular flexibility index (Phi) is 10.9. The van der Waals surface area contributed by atoms with Gasteiger partial charge in [-0.25, -0.2) is 4.79 Å². The Bertz CT molecular complexity index is 1190. The van der Waals surface area contributed by atoms with E-state index in [0.29, 0.717) is 54.6 Å². The van der Waals surface area contributed by atoms with Crippen LogP contribution in [0.15, 0.2) is 48.6 Å². The van der Waals surface area contributed by atoms with Crippen molar-refractivity contribution in [1.82, 2.24) is 10.2 Å². The number of nitrogens with one attached hydrogen (secondary N) is 1. The molecule has 0 bridgehead atoms. The van der Waals surface area contributed by atoms with Crippen LogP contribution in [-0.2, 0) is 9.59 Å². The van der Waals surface area contributed by atoms with Gasteiger partial charge in [-0.15, -0.1) is 0 Å². The third kappa shape index (κ3) is 8.46. The number of ether oxygens (including phenoxy) is 4. The van der Waals surface area contributed by atoms with Crippen LogP contribution >= 0.6 is 0 Å². The first kappa shape index (κ1) is 28.4. The fourth-order valence-corrected chi connectivity index (χ4v) is 3.61. The number of aliphatic hydroxyl groups is 1. The number of amides is 1. The number of methoxy groups -OCH3 is 2. The average Bonchev–Trinajstić information content (AvgIpc) is 2.94. The van der Waals surface area contributed by atoms with Crippen LogP contribution in [0.3, 0.4) is 0 Å². The lowest BCUT2D eigenvalue weighted by Crippen LogP contribution is -2.47. The van der Waals surface area contributed by atoms with E-state index in [1.165, 1.54) is 26.4 Å². The predicted molar refractivity (Wildman–Crippen MR) is 142 cm³/mol. The summed E-state index contributed by atoms with van der Waals surface area (Å²) in [5.74, 6) is 0.861. The Morgan fingerprint density at radius 2 is 1.42 bits per heavy atom. The highest BCUT2D eigenvalue weighted by molar-refractivity contribution is 6.10. The molecule has 2 aromatic carbocycles. The molecule has 3 rings (SSSR count). The molecule has 1 amide bonds. The molecule has 10 nitrogen and oxygen atoms in total. The van der Waals surface area contributed by atoms with Crippen LogP contribution in [0.25, 0.3) is 12.2 Å². The van der Waals surface area contributed by atoms with Gasteiger partial charge in [0, 0.05) is 26.2 Å². The first-order chi connectivity index (χ1) is 18.4. The van der Waals surface area contributed by atoms with Crippen molar-refractivity contribution in [2.75, 3.05) is 53.6 Å². The van der Waals surface area contributed by atoms with Crippen LogP contribution in [0.2, 0.25) is 0 Å². The van der Waals surface area contributed by atoms with E-state index < -0.39 is 6.09 Å². The number of hydrogen-bond donors (Lipinski definition) is 2. The number of allylic oxidation sites excluding steroid dienone is 2. The first-order valence-electron chi connectivity index (χ1n) is 12.1. The minimum Gasteiger partial charge on any atom is -0.493 e. The van der Waals surface area contributed by atoms with Gasteiger partial charge in [0.05, 0.1) is 27.2 Å². The molecule has 1 aliphatic rings. The molecule has 2 N–H and O–H groups in total. The van der Waals surface area contributed by atoms with E-state index in [9.17, 15) is 14.4 Å². The summed E-state index contributed by atoms with van der Waals surface area (Å²) in [6.45, 7) is 2.59. The minimum absolute atomic E-state index is 0.118. The maximum atomic E-state index is 12.4. The minimum atomic E-state index is -0.445. The number of nitrogens with zero attached hydrogens (tertiary/aromatic N) is 1. The molecule has 202 valence electrons. The lowest BCUT2D eigenvalue weighted by atomic mass is 10.1. The molecule has 38 heavy (non-hydrogen) atoms. The van der Waals surface area contributed by atoms with E-state index in [-0.39, 0.29) is 37.0 Å². The molecule has 0 aromatic heterocycles. The van der Waals surface area contributed by atoms with E-state index in [0.717, 1.165) is 0 Å². The molecular formula is C28H32N2O8. The SMILES string of the molecule is COc1cc(/C=C/C(=O)CC(=O)/C=C/c2ccc(OC(=O)N3CCNCC3)c(OC)c2)ccc1OCCO. The standard InChI is InChI=1S/C28H32N2O8/c1-35-26-17-20(5-9-24(26)37-16-15-31)3-7-22(32)19-23(33)8-4-21-6-10-25(27(18-21)36-2)38-28(34)30-13-11-29-12-14-30/h3-10,17-18,29,31H,11-16,19H2,1-2H3/b7-3+,8-4+. The van der Waals surface area contributed by atoms with Crippen molar-refractivity contribution in [2.45, 2.75) is 6.42 Å². The van der Waals surface area contributed by atoms with Gasteiger partial charge in [0.15, 0.2) is 34.6 Å². The molecule has 10 heteroatoms. The van der Waals surface area contributed by atoms with Crippen molar-refractivity contribution in [3.8, 4) is 23.0 Å². The van der Waals surface area contributed by atoms with E-state index in [1.807, 2.05) is 0 Å². The quantitative estimate of drug-likeness (QED) is 0.319. The number of carbonyl (C=O) groups is 3. The van der Waals surface area contributed by atoms with Gasteiger partial charge in [0.1, 0.15) is 6.61 Å². The Morgan fingerprint density at radius 1 is 0.868 bits per heavy atom. The van der Waals surface area contributed by atoms with Crippen molar-refractivity contribution in [2.24, 2.45) is 0 Å². The zero-order valence-electron chi connectivity index (χ0n) is 21.5. The van der Waals surface area contributed by atoms with Gasteiger partial charge in [-0.3, -0.25) is 9.59 Å². The van der Waals surface area contributed by atoms with E-state index in [4.69, 9.17) is 24.1 Å². The van der Waals surface area contributed by atoms with Gasteiger partial charge in [0.25, 0.3) is 0 Å². The van der Waals surface area contributed by atoms with E-state index >= 15 is 0 Å². The highest BCUT2D eigenvalue weighted by Gasteiger charge is 2.19. The molecular weight excluding hydrogens is 492 g/mol. The molecule has 1 heterocycles. The lowest BCUT2D eigenvalue weighted by Gasteiger charge is -2.26. The summed E-state index contributed by atoms with van der Waals surface area (Å²) in [7, 11) is 2.96. The van der Waals surface area contributed by atoms with Gasteiger partial charge in [-0.1, -0.05) is 24.3 Å². The van der Waals surface area contributed by atoms with Crippen molar-refractivity contribution >= 4 is 29.8 Å². The van der Waals surface area contributed by atoms with Crippen LogP contribution in [0, 0.1) is 0 Å². The van der Waals surface area contributed by atoms with Crippen LogP contribution in [0.5, 0.6) is 23.0 Å². The second-order valence-corrected chi connectivity index (χ2v) is 8.27. The smallest absolute Gasteiger partial charge is 0.415 e. The Hall–Kier alpha value is -4.15. The number of ketones is 2. The normalized spacial score (nSPS) is 13.5. The lowest BCUT2D eigenvalue weighted by molar-refractivity contribution is -0.121. The number of piperazine rings is 1. The van der Waals surface area contributed by atoms with Crippen molar-refractivity contribution in [3.63, 3.8) is 0 Å². The van der Waals surface area contributed by atoms with Gasteiger partial charge in [0.2, 0.25) is 0 Å². The van der Waals surface area contributed by atoms with E-state index in [1.54, 1.807) is 53.5 Å². The largest absolute Gasteiger partial charge is 0.493 e. The number of carbonyl (C=O) groups excluding carboxylic acids is 3. The number of hydrogen-bond acceptors (Lipinski definition) is 9. The molecule has 0 radical (unpaired) electrons. The second kappa shape index (κ2) is 14.6. The maximum absolute atomic E-state index is 12.4. The number of aliphatic hydroxyl groups excluding tert-OH is 1. The zero-order valence-corrected chi connectivity index (χ0v) is 21.5. The summed E-state index contributed by atoms with van der Waals surface area (Å²) in [6.07, 6.45) is 5.07. The third-order valence-electron chi connectivity index (χ3n) is 5.57. The Labute approximate surface area is 221 Å². The molecule has 2 aromatic rings. The summed E-state index contributed by atoms with van der Waals surface area (Å²) in [5, 5.41) is 12.1. The molecule has 0 saturated carbocycles. The number of rotatable bonds is 12. The molecule has 0 unspecified atom stereocenters. The van der Waals surface area contributed by atoms with Crippen LogP contribution in [0.4, 0.5) is 4.79 Å². The zero-order chi connectivity index (χ0) is 27.3. The van der Waals surface area contributed by atoms with Crippen LogP contribution < -0.4 is 24.3 Å². The van der Waals surface area contributed by atoms with Gasteiger partial charge >= 0.3 is 6.09 Å². The molecule has 1 aliphatic heterocycles. The summed E-state index contributed by atoms with van der Waals surface area (Å²) >= 11 is 0. The van der Waals surface area contributed by atoms with Crippen molar-refractivity contribution in [1.29, 1.82) is 0 Å². The molecule has 1 fully saturated rings. The molecule has 0 aliphatic carbocycles. The average molecular weight is 525 g/mol. The second-order valence-electron chi connectivity index (χ2n) is 8.27. The highest BCUT2D eigenvalue weighted by atomic mass is 16.6. The van der Waals surface area contributed by atoms with E-state index in [2.05, 4.69) is 5.32 Å². The molecule has 0 atom stereocenters. The van der Waals surface area contributed by atoms with Gasteiger partial charge in [-0.05, 0) is 47.5 Å². The highest BCUT2D eigenvalue weighted by Crippen LogP contribution is 2.30. The van der Waals surface area contributed by atoms with Crippen LogP contribution in [-0.4, -0.2) is 81.3 Å². The number of benzene rings is 2.